The van der Waals surface area contributed by atoms with Crippen LogP contribution in [0, 0.1) is 5.95 Å². The minimum Gasteiger partial charge on any atom is -0.398 e. The summed E-state index contributed by atoms with van der Waals surface area (Å²) in [5.41, 5.74) is 4.60. The van der Waals surface area contributed by atoms with Crippen molar-refractivity contribution in [2.45, 2.75) is 11.8 Å². The van der Waals surface area contributed by atoms with Gasteiger partial charge in [-0.05, 0) is 0 Å². The minimum atomic E-state index is -2.73. The first kappa shape index (κ1) is 10.3. The smallest absolute Gasteiger partial charge is 0.267 e. The van der Waals surface area contributed by atoms with Gasteiger partial charge in [0.2, 0.25) is 5.95 Å². The molecule has 72 valence electrons. The van der Waals surface area contributed by atoms with Gasteiger partial charge in [0.25, 0.3) is 6.43 Å². The molecular weight excluding hydrogens is 249 g/mol. The molecule has 0 fully saturated rings. The van der Waals surface area contributed by atoms with Gasteiger partial charge < -0.3 is 5.73 Å². The Labute approximate surface area is 81.1 Å². The maximum atomic E-state index is 12.8. The number of pyridine rings is 1. The molecule has 1 aromatic rings. The van der Waals surface area contributed by atoms with Gasteiger partial charge in [-0.15, -0.1) is 0 Å². The van der Waals surface area contributed by atoms with Crippen molar-refractivity contribution < 1.29 is 13.2 Å². The number of hydrogen-bond acceptors (Lipinski definition) is 2. The van der Waals surface area contributed by atoms with Crippen molar-refractivity contribution in [3.63, 3.8) is 0 Å². The van der Waals surface area contributed by atoms with E-state index in [1.165, 1.54) is 0 Å². The number of hydrogen-bond donors (Lipinski definition) is 1. The number of nitrogens with two attached hydrogens (primary N) is 1. The van der Waals surface area contributed by atoms with Crippen molar-refractivity contribution >= 4 is 21.6 Å². The van der Waals surface area contributed by atoms with Crippen molar-refractivity contribution in [3.05, 3.63) is 23.3 Å². The maximum Gasteiger partial charge on any atom is 0.267 e. The third kappa shape index (κ3) is 1.93. The highest BCUT2D eigenvalue weighted by Gasteiger charge is 2.17. The average molecular weight is 255 g/mol. The van der Waals surface area contributed by atoms with Crippen LogP contribution in [0.4, 0.5) is 18.9 Å². The first-order valence-electron chi connectivity index (χ1n) is 3.34. The number of alkyl halides is 3. The zero-order valence-corrected chi connectivity index (χ0v) is 7.98. The molecule has 2 nitrogen and oxygen atoms in total. The largest absolute Gasteiger partial charge is 0.398 e. The summed E-state index contributed by atoms with van der Waals surface area (Å²) < 4.78 is 37.3. The summed E-state index contributed by atoms with van der Waals surface area (Å²) in [6.45, 7) is 0. The average Bonchev–Trinajstić information content (AvgIpc) is 2.04. The quantitative estimate of drug-likeness (QED) is 0.651. The van der Waals surface area contributed by atoms with Gasteiger partial charge >= 0.3 is 0 Å². The van der Waals surface area contributed by atoms with Crippen LogP contribution in [0.1, 0.15) is 17.6 Å². The van der Waals surface area contributed by atoms with Gasteiger partial charge in [0.15, 0.2) is 0 Å². The SMILES string of the molecule is Nc1c(C(F)F)cnc(F)c1CBr. The molecule has 0 saturated heterocycles. The second kappa shape index (κ2) is 3.95. The molecule has 0 aliphatic heterocycles. The second-order valence-electron chi connectivity index (χ2n) is 2.33. The van der Waals surface area contributed by atoms with Gasteiger partial charge in [-0.25, -0.2) is 13.8 Å². The van der Waals surface area contributed by atoms with Crippen LogP contribution in [-0.4, -0.2) is 4.98 Å². The molecule has 0 amide bonds. The Bertz CT molecular complexity index is 317. The molecule has 1 rings (SSSR count). The van der Waals surface area contributed by atoms with Crippen LogP contribution in [0.2, 0.25) is 0 Å². The van der Waals surface area contributed by atoms with Crippen LogP contribution in [0.25, 0.3) is 0 Å². The van der Waals surface area contributed by atoms with E-state index in [9.17, 15) is 13.2 Å². The summed E-state index contributed by atoms with van der Waals surface area (Å²) in [4.78, 5) is 3.18. The van der Waals surface area contributed by atoms with Gasteiger partial charge in [-0.1, -0.05) is 15.9 Å². The molecule has 0 spiro atoms. The van der Waals surface area contributed by atoms with Gasteiger partial charge in [-0.3, -0.25) is 0 Å². The molecule has 6 heteroatoms. The lowest BCUT2D eigenvalue weighted by Gasteiger charge is -2.08. The molecule has 0 aliphatic rings. The number of rotatable bonds is 2. The number of aromatic nitrogens is 1. The fraction of sp³-hybridized carbons (Fsp3) is 0.286. The number of nitrogens with zero attached hydrogens (tertiary/aromatic N) is 1. The summed E-state index contributed by atoms with van der Waals surface area (Å²) in [6.07, 6.45) is -1.98. The predicted molar refractivity (Wildman–Crippen MR) is 46.2 cm³/mol. The molecule has 0 unspecified atom stereocenters. The number of halogens is 4. The molecule has 13 heavy (non-hydrogen) atoms. The van der Waals surface area contributed by atoms with E-state index < -0.39 is 17.9 Å². The lowest BCUT2D eigenvalue weighted by molar-refractivity contribution is 0.151. The first-order chi connectivity index (χ1) is 6.07. The Morgan fingerprint density at radius 3 is 2.62 bits per heavy atom. The molecule has 0 bridgehead atoms. The van der Waals surface area contributed by atoms with Crippen molar-refractivity contribution in [1.29, 1.82) is 0 Å². The Morgan fingerprint density at radius 2 is 2.15 bits per heavy atom. The van der Waals surface area contributed by atoms with E-state index >= 15 is 0 Å². The molecule has 0 saturated carbocycles. The summed E-state index contributed by atoms with van der Waals surface area (Å²) in [5, 5.41) is 0.0677. The summed E-state index contributed by atoms with van der Waals surface area (Å²) in [5.74, 6) is -0.821. The molecule has 0 aromatic carbocycles. The summed E-state index contributed by atoms with van der Waals surface area (Å²) in [7, 11) is 0. The van der Waals surface area contributed by atoms with Gasteiger partial charge in [0.1, 0.15) is 0 Å². The highest BCUT2D eigenvalue weighted by molar-refractivity contribution is 9.08. The molecular formula is C7H6BrF3N2. The highest BCUT2D eigenvalue weighted by Crippen LogP contribution is 2.28. The lowest BCUT2D eigenvalue weighted by Crippen LogP contribution is -2.04. The number of nitrogen functional groups attached to an aromatic ring is 1. The van der Waals surface area contributed by atoms with Gasteiger partial charge in [-0.2, -0.15) is 4.39 Å². The third-order valence-corrected chi connectivity index (χ3v) is 2.13. The topological polar surface area (TPSA) is 38.9 Å². The van der Waals surface area contributed by atoms with Crippen LogP contribution < -0.4 is 5.73 Å². The Hall–Kier alpha value is -0.780. The second-order valence-corrected chi connectivity index (χ2v) is 2.89. The van der Waals surface area contributed by atoms with Crippen LogP contribution in [0.15, 0.2) is 6.20 Å². The van der Waals surface area contributed by atoms with Crippen LogP contribution >= 0.6 is 15.9 Å². The van der Waals surface area contributed by atoms with E-state index in [-0.39, 0.29) is 16.6 Å². The molecule has 0 aliphatic carbocycles. The van der Waals surface area contributed by atoms with Crippen molar-refractivity contribution in [3.8, 4) is 0 Å². The number of anilines is 1. The van der Waals surface area contributed by atoms with E-state index in [1.807, 2.05) is 0 Å². The lowest BCUT2D eigenvalue weighted by atomic mass is 10.1. The van der Waals surface area contributed by atoms with Crippen molar-refractivity contribution in [2.75, 3.05) is 5.73 Å². The highest BCUT2D eigenvalue weighted by atomic mass is 79.9. The van der Waals surface area contributed by atoms with Crippen LogP contribution in [0.3, 0.4) is 0 Å². The fourth-order valence-corrected chi connectivity index (χ4v) is 1.39. The van der Waals surface area contributed by atoms with E-state index in [2.05, 4.69) is 20.9 Å². The summed E-state index contributed by atoms with van der Waals surface area (Å²) >= 11 is 2.94. The van der Waals surface area contributed by atoms with Crippen LogP contribution in [-0.2, 0) is 5.33 Å². The molecule has 0 radical (unpaired) electrons. The zero-order chi connectivity index (χ0) is 10.0. The first-order valence-corrected chi connectivity index (χ1v) is 4.47. The van der Waals surface area contributed by atoms with Crippen molar-refractivity contribution in [2.24, 2.45) is 0 Å². The Kier molecular flexibility index (Phi) is 3.13. The zero-order valence-electron chi connectivity index (χ0n) is 6.40. The molecule has 0 atom stereocenters. The monoisotopic (exact) mass is 254 g/mol. The van der Waals surface area contributed by atoms with Gasteiger partial charge in [0.05, 0.1) is 11.3 Å². The van der Waals surface area contributed by atoms with E-state index in [1.54, 1.807) is 0 Å². The predicted octanol–water partition coefficient (Wildman–Crippen LogP) is 2.64. The standard InChI is InChI=1S/C7H6BrF3N2/c8-1-3-5(12)4(6(9)10)2-13-7(3)11/h2,6H,1H2,(H2,12,13). The third-order valence-electron chi connectivity index (χ3n) is 1.57. The summed E-state index contributed by atoms with van der Waals surface area (Å²) in [6, 6.07) is 0. The Morgan fingerprint density at radius 1 is 1.54 bits per heavy atom. The normalized spacial score (nSPS) is 10.8. The fourth-order valence-electron chi connectivity index (χ4n) is 0.860. The van der Waals surface area contributed by atoms with E-state index in [4.69, 9.17) is 5.73 Å². The Balaban J connectivity index is 3.27. The molecule has 2 N–H and O–H groups in total. The minimum absolute atomic E-state index is 0.0298. The maximum absolute atomic E-state index is 12.8. The molecule has 1 aromatic heterocycles. The van der Waals surface area contributed by atoms with E-state index in [0.717, 1.165) is 6.20 Å². The van der Waals surface area contributed by atoms with Gasteiger partial charge in [0, 0.05) is 17.1 Å². The van der Waals surface area contributed by atoms with Crippen LogP contribution in [0.5, 0.6) is 0 Å². The van der Waals surface area contributed by atoms with Crippen molar-refractivity contribution in [1.82, 2.24) is 4.98 Å². The van der Waals surface area contributed by atoms with E-state index in [0.29, 0.717) is 0 Å². The molecule has 1 heterocycles.